The summed E-state index contributed by atoms with van der Waals surface area (Å²) in [6.07, 6.45) is -0.0701. The van der Waals surface area contributed by atoms with Gasteiger partial charge in [0.1, 0.15) is 0 Å². The number of esters is 1. The first-order valence-electron chi connectivity index (χ1n) is 7.85. The van der Waals surface area contributed by atoms with Crippen molar-refractivity contribution in [2.75, 3.05) is 11.9 Å². The van der Waals surface area contributed by atoms with Gasteiger partial charge in [0.05, 0.1) is 17.1 Å². The largest absolute Gasteiger partial charge is 0.456 e. The lowest BCUT2D eigenvalue weighted by molar-refractivity contribution is -0.147. The molecule has 26 heavy (non-hydrogen) atoms. The number of rotatable bonds is 7. The average Bonchev–Trinajstić information content (AvgIpc) is 2.61. The number of carbonyl (C=O) groups excluding carboxylic acids is 3. The molecule has 0 aliphatic heterocycles. The van der Waals surface area contributed by atoms with Crippen molar-refractivity contribution < 1.29 is 19.1 Å². The highest BCUT2D eigenvalue weighted by molar-refractivity contribution is 9.10. The highest BCUT2D eigenvalue weighted by Crippen LogP contribution is 2.22. The third-order valence-corrected chi connectivity index (χ3v) is 4.33. The molecule has 0 saturated heterocycles. The minimum Gasteiger partial charge on any atom is -0.456 e. The summed E-state index contributed by atoms with van der Waals surface area (Å²) in [5.74, 6) is -1.27. The molecular weight excluding hydrogens is 422 g/mol. The maximum Gasteiger partial charge on any atom is 0.306 e. The van der Waals surface area contributed by atoms with Gasteiger partial charge in [-0.25, -0.2) is 0 Å². The van der Waals surface area contributed by atoms with E-state index in [0.717, 1.165) is 10.0 Å². The summed E-state index contributed by atoms with van der Waals surface area (Å²) in [4.78, 5) is 35.5. The number of hydrogen-bond acceptors (Lipinski definition) is 4. The number of hydrogen-bond donors (Lipinski definition) is 1. The Morgan fingerprint density at radius 2 is 1.77 bits per heavy atom. The van der Waals surface area contributed by atoms with Crippen molar-refractivity contribution in [1.82, 2.24) is 0 Å². The minimum absolute atomic E-state index is 0.0197. The molecule has 0 spiro atoms. The van der Waals surface area contributed by atoms with Crippen molar-refractivity contribution in [1.29, 1.82) is 0 Å². The molecule has 2 aromatic rings. The first-order chi connectivity index (χ1) is 12.3. The van der Waals surface area contributed by atoms with Gasteiger partial charge in [-0.3, -0.25) is 14.4 Å². The van der Waals surface area contributed by atoms with Crippen LogP contribution < -0.4 is 5.32 Å². The highest BCUT2D eigenvalue weighted by Gasteiger charge is 2.13. The Bertz CT molecular complexity index is 821. The number of carbonyl (C=O) groups is 3. The van der Waals surface area contributed by atoms with Gasteiger partial charge in [0.2, 0.25) is 0 Å². The zero-order valence-corrected chi connectivity index (χ0v) is 16.4. The fraction of sp³-hybridized carbons (Fsp3) is 0.211. The molecule has 0 bridgehead atoms. The highest BCUT2D eigenvalue weighted by atomic mass is 79.9. The van der Waals surface area contributed by atoms with Crippen LogP contribution in [0.2, 0.25) is 5.02 Å². The molecule has 136 valence electrons. The molecule has 1 N–H and O–H groups in total. The third-order valence-electron chi connectivity index (χ3n) is 3.49. The van der Waals surface area contributed by atoms with E-state index in [1.54, 1.807) is 42.5 Å². The van der Waals surface area contributed by atoms with Crippen molar-refractivity contribution in [3.8, 4) is 0 Å². The normalized spacial score (nSPS) is 10.3. The first kappa shape index (κ1) is 20.1. The van der Waals surface area contributed by atoms with Crippen LogP contribution in [0.15, 0.2) is 46.9 Å². The van der Waals surface area contributed by atoms with Gasteiger partial charge >= 0.3 is 5.97 Å². The van der Waals surface area contributed by atoms with E-state index in [-0.39, 0.29) is 18.6 Å². The van der Waals surface area contributed by atoms with Crippen LogP contribution in [0.1, 0.15) is 28.8 Å². The smallest absolute Gasteiger partial charge is 0.306 e. The summed E-state index contributed by atoms with van der Waals surface area (Å²) in [5, 5.41) is 2.98. The summed E-state index contributed by atoms with van der Waals surface area (Å²) < 4.78 is 5.76. The van der Waals surface area contributed by atoms with Gasteiger partial charge in [0, 0.05) is 16.5 Å². The van der Waals surface area contributed by atoms with Gasteiger partial charge in [0.25, 0.3) is 5.91 Å². The molecule has 1 amide bonds. The minimum atomic E-state index is -0.611. The van der Waals surface area contributed by atoms with Crippen molar-refractivity contribution in [3.05, 3.63) is 63.1 Å². The van der Waals surface area contributed by atoms with E-state index in [9.17, 15) is 14.4 Å². The molecule has 7 heteroatoms. The summed E-state index contributed by atoms with van der Waals surface area (Å²) in [6, 6.07) is 12.1. The second-order valence-electron chi connectivity index (χ2n) is 5.62. The van der Waals surface area contributed by atoms with E-state index in [1.165, 1.54) is 0 Å². The molecule has 0 aliphatic carbocycles. The van der Waals surface area contributed by atoms with Gasteiger partial charge in [-0.2, -0.15) is 0 Å². The molecule has 0 radical (unpaired) electrons. The zero-order valence-electron chi connectivity index (χ0n) is 14.1. The summed E-state index contributed by atoms with van der Waals surface area (Å²) in [6.45, 7) is 1.45. The molecule has 0 unspecified atom stereocenters. The number of aryl methyl sites for hydroxylation is 1. The average molecular weight is 439 g/mol. The molecule has 0 atom stereocenters. The van der Waals surface area contributed by atoms with Crippen LogP contribution >= 0.6 is 27.5 Å². The number of halogens is 2. The van der Waals surface area contributed by atoms with Crippen LogP contribution in [0.5, 0.6) is 0 Å². The fourth-order valence-corrected chi connectivity index (χ4v) is 2.67. The Morgan fingerprint density at radius 3 is 2.42 bits per heavy atom. The Morgan fingerprint density at radius 1 is 1.08 bits per heavy atom. The van der Waals surface area contributed by atoms with E-state index in [1.807, 2.05) is 6.92 Å². The van der Waals surface area contributed by atoms with Gasteiger partial charge in [-0.15, -0.1) is 0 Å². The molecule has 2 aromatic carbocycles. The van der Waals surface area contributed by atoms with Gasteiger partial charge in [-0.05, 0) is 36.8 Å². The van der Waals surface area contributed by atoms with Crippen LogP contribution in [-0.4, -0.2) is 24.3 Å². The second-order valence-corrected chi connectivity index (χ2v) is 6.95. The fourth-order valence-electron chi connectivity index (χ4n) is 2.12. The lowest BCUT2D eigenvalue weighted by Crippen LogP contribution is -2.21. The van der Waals surface area contributed by atoms with Crippen molar-refractivity contribution in [3.63, 3.8) is 0 Å². The SMILES string of the molecule is Cc1ccc(NC(=O)COC(=O)CCC(=O)c2ccc(Br)cc2)c(Cl)c1. The van der Waals surface area contributed by atoms with Crippen molar-refractivity contribution >= 4 is 50.9 Å². The lowest BCUT2D eigenvalue weighted by atomic mass is 10.1. The second kappa shape index (κ2) is 9.50. The predicted octanol–water partition coefficient (Wildman–Crippen LogP) is 4.56. The topological polar surface area (TPSA) is 72.5 Å². The zero-order chi connectivity index (χ0) is 19.1. The van der Waals surface area contributed by atoms with E-state index in [4.69, 9.17) is 16.3 Å². The number of amides is 1. The summed E-state index contributed by atoms with van der Waals surface area (Å²) in [7, 11) is 0. The quantitative estimate of drug-likeness (QED) is 0.508. The maximum atomic E-state index is 12.0. The van der Waals surface area contributed by atoms with Gasteiger partial charge in [0.15, 0.2) is 12.4 Å². The molecule has 0 saturated carbocycles. The molecule has 0 aromatic heterocycles. The van der Waals surface area contributed by atoms with Gasteiger partial charge in [-0.1, -0.05) is 45.7 Å². The van der Waals surface area contributed by atoms with E-state index >= 15 is 0 Å². The summed E-state index contributed by atoms with van der Waals surface area (Å²) in [5.41, 5.74) is 1.94. The summed E-state index contributed by atoms with van der Waals surface area (Å²) >= 11 is 9.32. The maximum absolute atomic E-state index is 12.0. The van der Waals surface area contributed by atoms with Crippen LogP contribution in [-0.2, 0) is 14.3 Å². The van der Waals surface area contributed by atoms with E-state index in [2.05, 4.69) is 21.2 Å². The Kier molecular flexibility index (Phi) is 7.36. The lowest BCUT2D eigenvalue weighted by Gasteiger charge is -2.08. The van der Waals surface area contributed by atoms with E-state index < -0.39 is 18.5 Å². The van der Waals surface area contributed by atoms with Crippen LogP contribution in [0.25, 0.3) is 0 Å². The molecular formula is C19H17BrClNO4. The van der Waals surface area contributed by atoms with Crippen LogP contribution in [0.4, 0.5) is 5.69 Å². The monoisotopic (exact) mass is 437 g/mol. The van der Waals surface area contributed by atoms with Crippen LogP contribution in [0.3, 0.4) is 0 Å². The molecule has 5 nitrogen and oxygen atoms in total. The Balaban J connectivity index is 1.74. The Labute approximate surface area is 164 Å². The third kappa shape index (κ3) is 6.28. The predicted molar refractivity (Wildman–Crippen MR) is 103 cm³/mol. The van der Waals surface area contributed by atoms with Crippen LogP contribution in [0, 0.1) is 6.92 Å². The van der Waals surface area contributed by atoms with Gasteiger partial charge < -0.3 is 10.1 Å². The van der Waals surface area contributed by atoms with Crippen molar-refractivity contribution in [2.24, 2.45) is 0 Å². The van der Waals surface area contributed by atoms with E-state index in [0.29, 0.717) is 16.3 Å². The Hall–Kier alpha value is -2.18. The molecule has 0 aliphatic rings. The first-order valence-corrected chi connectivity index (χ1v) is 9.02. The number of Topliss-reactive ketones (excluding diaryl/α,β-unsaturated/α-hetero) is 1. The molecule has 0 heterocycles. The number of ketones is 1. The molecule has 0 fully saturated rings. The number of benzene rings is 2. The van der Waals surface area contributed by atoms with Crippen molar-refractivity contribution in [2.45, 2.75) is 19.8 Å². The number of nitrogens with one attached hydrogen (secondary N) is 1. The number of ether oxygens (including phenoxy) is 1. The standard InChI is InChI=1S/C19H17BrClNO4/c1-12-2-7-16(15(21)10-12)22-18(24)11-26-19(25)9-8-17(23)13-3-5-14(20)6-4-13/h2-7,10H,8-9,11H2,1H3,(H,22,24). The number of anilines is 1. The molecule has 2 rings (SSSR count).